The molecule has 0 aliphatic heterocycles. The fourth-order valence-corrected chi connectivity index (χ4v) is 2.01. The first-order valence-corrected chi connectivity index (χ1v) is 5.81. The normalized spacial score (nSPS) is 16.4. The van der Waals surface area contributed by atoms with Gasteiger partial charge in [-0.2, -0.15) is 0 Å². The van der Waals surface area contributed by atoms with Crippen LogP contribution in [0.3, 0.4) is 0 Å². The lowest BCUT2D eigenvalue weighted by Gasteiger charge is -2.14. The fourth-order valence-electron chi connectivity index (χ4n) is 1.55. The summed E-state index contributed by atoms with van der Waals surface area (Å²) >= 11 is 10.7. The summed E-state index contributed by atoms with van der Waals surface area (Å²) in [5, 5.41) is 2.83. The van der Waals surface area contributed by atoms with Crippen LogP contribution in [-0.4, -0.2) is 10.9 Å². The van der Waals surface area contributed by atoms with Crippen molar-refractivity contribution in [2.24, 2.45) is 11.1 Å². The number of hydrogen-bond donors (Lipinski definition) is 2. The van der Waals surface area contributed by atoms with Crippen LogP contribution in [-0.2, 0) is 4.79 Å². The molecule has 0 spiro atoms. The molecule has 1 aliphatic carbocycles. The fraction of sp³-hybridized carbons (Fsp3) is 0.273. The molecule has 2 rings (SSSR count). The van der Waals surface area contributed by atoms with Gasteiger partial charge in [0.2, 0.25) is 5.91 Å². The minimum Gasteiger partial charge on any atom is -0.392 e. The summed E-state index contributed by atoms with van der Waals surface area (Å²) in [7, 11) is 0. The Balaban J connectivity index is 2.19. The number of hydrogen-bond acceptors (Lipinski definition) is 2. The van der Waals surface area contributed by atoms with Crippen molar-refractivity contribution in [2.75, 3.05) is 5.32 Å². The van der Waals surface area contributed by atoms with Gasteiger partial charge in [-0.3, -0.25) is 4.79 Å². The molecule has 0 aromatic heterocycles. The number of halogens is 2. The van der Waals surface area contributed by atoms with Crippen LogP contribution in [0.4, 0.5) is 10.1 Å². The van der Waals surface area contributed by atoms with Crippen molar-refractivity contribution >= 4 is 40.4 Å². The van der Waals surface area contributed by atoms with E-state index in [-0.39, 0.29) is 21.6 Å². The first-order chi connectivity index (χ1) is 7.95. The average molecular weight is 273 g/mol. The summed E-state index contributed by atoms with van der Waals surface area (Å²) in [6.45, 7) is 0. The standard InChI is InChI=1S/C11H10ClFN2OS/c12-7-2-1-6(13)5-8(7)15-10(16)11(3-4-11)9(14)17/h1-2,5H,3-4H2,(H2,14,17)(H,15,16). The molecule has 3 nitrogen and oxygen atoms in total. The summed E-state index contributed by atoms with van der Waals surface area (Å²) in [6.07, 6.45) is 1.25. The van der Waals surface area contributed by atoms with Gasteiger partial charge in [-0.1, -0.05) is 23.8 Å². The molecule has 0 atom stereocenters. The molecule has 0 saturated heterocycles. The maximum absolute atomic E-state index is 13.0. The number of carbonyl (C=O) groups is 1. The van der Waals surface area contributed by atoms with Crippen molar-refractivity contribution in [1.82, 2.24) is 0 Å². The highest BCUT2D eigenvalue weighted by molar-refractivity contribution is 7.80. The molecule has 0 bridgehead atoms. The van der Waals surface area contributed by atoms with E-state index in [1.807, 2.05) is 0 Å². The number of nitrogens with two attached hydrogens (primary N) is 1. The lowest BCUT2D eigenvalue weighted by atomic mass is 10.1. The van der Waals surface area contributed by atoms with E-state index in [4.69, 9.17) is 29.6 Å². The number of amides is 1. The predicted octanol–water partition coefficient (Wildman–Crippen LogP) is 2.48. The van der Waals surface area contributed by atoms with Crippen molar-refractivity contribution in [2.45, 2.75) is 12.8 Å². The molecule has 1 aromatic carbocycles. The van der Waals surface area contributed by atoms with Crippen LogP contribution in [0.25, 0.3) is 0 Å². The molecule has 1 aliphatic rings. The highest BCUT2D eigenvalue weighted by atomic mass is 35.5. The molecule has 0 heterocycles. The van der Waals surface area contributed by atoms with Crippen LogP contribution in [0.1, 0.15) is 12.8 Å². The Morgan fingerprint density at radius 1 is 1.53 bits per heavy atom. The van der Waals surface area contributed by atoms with E-state index >= 15 is 0 Å². The summed E-state index contributed by atoms with van der Waals surface area (Å²) in [5.41, 5.74) is 4.98. The van der Waals surface area contributed by atoms with Gasteiger partial charge in [0.05, 0.1) is 21.1 Å². The van der Waals surface area contributed by atoms with Crippen molar-refractivity contribution in [3.05, 3.63) is 29.0 Å². The minimum absolute atomic E-state index is 0.169. The van der Waals surface area contributed by atoms with Crippen LogP contribution in [0.5, 0.6) is 0 Å². The third kappa shape index (κ3) is 2.25. The van der Waals surface area contributed by atoms with Crippen molar-refractivity contribution in [3.63, 3.8) is 0 Å². The first kappa shape index (κ1) is 12.3. The van der Waals surface area contributed by atoms with Crippen LogP contribution < -0.4 is 11.1 Å². The molecule has 1 amide bonds. The number of carbonyl (C=O) groups excluding carboxylic acids is 1. The Morgan fingerprint density at radius 2 is 2.18 bits per heavy atom. The van der Waals surface area contributed by atoms with E-state index in [1.165, 1.54) is 12.1 Å². The van der Waals surface area contributed by atoms with Gasteiger partial charge in [0.15, 0.2) is 0 Å². The highest BCUT2D eigenvalue weighted by Crippen LogP contribution is 2.47. The van der Waals surface area contributed by atoms with Gasteiger partial charge < -0.3 is 11.1 Å². The lowest BCUT2D eigenvalue weighted by Crippen LogP contribution is -2.35. The Hall–Kier alpha value is -1.20. The van der Waals surface area contributed by atoms with Gasteiger partial charge in [-0.15, -0.1) is 0 Å². The quantitative estimate of drug-likeness (QED) is 0.831. The second-order valence-corrected chi connectivity index (χ2v) is 4.87. The van der Waals surface area contributed by atoms with E-state index in [0.29, 0.717) is 12.8 Å². The van der Waals surface area contributed by atoms with Gasteiger partial charge in [-0.05, 0) is 31.0 Å². The molecule has 1 fully saturated rings. The number of benzene rings is 1. The van der Waals surface area contributed by atoms with Crippen molar-refractivity contribution < 1.29 is 9.18 Å². The largest absolute Gasteiger partial charge is 0.392 e. The van der Waals surface area contributed by atoms with Crippen LogP contribution in [0.2, 0.25) is 5.02 Å². The van der Waals surface area contributed by atoms with E-state index in [2.05, 4.69) is 5.32 Å². The molecule has 90 valence electrons. The van der Waals surface area contributed by atoms with E-state index in [9.17, 15) is 9.18 Å². The van der Waals surface area contributed by atoms with Gasteiger partial charge in [0.25, 0.3) is 0 Å². The van der Waals surface area contributed by atoms with Gasteiger partial charge >= 0.3 is 0 Å². The molecule has 0 radical (unpaired) electrons. The smallest absolute Gasteiger partial charge is 0.237 e. The van der Waals surface area contributed by atoms with Crippen molar-refractivity contribution in [3.8, 4) is 0 Å². The maximum Gasteiger partial charge on any atom is 0.237 e. The summed E-state index contributed by atoms with van der Waals surface area (Å²) in [5.74, 6) is -0.789. The molecule has 1 aromatic rings. The van der Waals surface area contributed by atoms with Crippen LogP contribution in [0, 0.1) is 11.2 Å². The maximum atomic E-state index is 13.0. The van der Waals surface area contributed by atoms with E-state index < -0.39 is 11.2 Å². The highest BCUT2D eigenvalue weighted by Gasteiger charge is 2.52. The van der Waals surface area contributed by atoms with Crippen LogP contribution in [0.15, 0.2) is 18.2 Å². The molecular weight excluding hydrogens is 263 g/mol. The zero-order chi connectivity index (χ0) is 12.6. The first-order valence-electron chi connectivity index (χ1n) is 5.02. The molecular formula is C11H10ClFN2OS. The Morgan fingerprint density at radius 3 is 2.71 bits per heavy atom. The Labute approximate surface area is 108 Å². The number of thiocarbonyl (C=S) groups is 1. The molecule has 0 unspecified atom stereocenters. The third-order valence-corrected chi connectivity index (χ3v) is 3.55. The summed E-state index contributed by atoms with van der Waals surface area (Å²) < 4.78 is 13.0. The minimum atomic E-state index is -0.773. The average Bonchev–Trinajstić information content (AvgIpc) is 3.04. The summed E-state index contributed by atoms with van der Waals surface area (Å²) in [4.78, 5) is 12.1. The van der Waals surface area contributed by atoms with Gasteiger partial charge in [-0.25, -0.2) is 4.39 Å². The SMILES string of the molecule is NC(=S)C1(C(=O)Nc2cc(F)ccc2Cl)CC1. The topological polar surface area (TPSA) is 55.1 Å². The molecule has 6 heteroatoms. The number of rotatable bonds is 3. The number of anilines is 1. The lowest BCUT2D eigenvalue weighted by molar-refractivity contribution is -0.118. The van der Waals surface area contributed by atoms with Crippen molar-refractivity contribution in [1.29, 1.82) is 0 Å². The second-order valence-electron chi connectivity index (χ2n) is 4.02. The Kier molecular flexibility index (Phi) is 3.05. The zero-order valence-electron chi connectivity index (χ0n) is 8.80. The van der Waals surface area contributed by atoms with Gasteiger partial charge in [0, 0.05) is 0 Å². The van der Waals surface area contributed by atoms with Gasteiger partial charge in [0.1, 0.15) is 5.82 Å². The molecule has 17 heavy (non-hydrogen) atoms. The zero-order valence-corrected chi connectivity index (χ0v) is 10.4. The monoisotopic (exact) mass is 272 g/mol. The third-order valence-electron chi connectivity index (χ3n) is 2.83. The molecule has 3 N–H and O–H groups in total. The molecule has 1 saturated carbocycles. The Bertz CT molecular complexity index is 502. The summed E-state index contributed by atoms with van der Waals surface area (Å²) in [6, 6.07) is 3.77. The van der Waals surface area contributed by atoms with E-state index in [1.54, 1.807) is 0 Å². The number of nitrogens with one attached hydrogen (secondary N) is 1. The van der Waals surface area contributed by atoms with E-state index in [0.717, 1.165) is 6.07 Å². The second kappa shape index (κ2) is 4.23. The van der Waals surface area contributed by atoms with Crippen LogP contribution >= 0.6 is 23.8 Å². The predicted molar refractivity (Wildman–Crippen MR) is 68.5 cm³/mol.